The summed E-state index contributed by atoms with van der Waals surface area (Å²) < 4.78 is 16.9. The van der Waals surface area contributed by atoms with Gasteiger partial charge in [0.1, 0.15) is 23.4 Å². The third-order valence-corrected chi connectivity index (χ3v) is 5.09. The summed E-state index contributed by atoms with van der Waals surface area (Å²) in [6.07, 6.45) is 3.07. The summed E-state index contributed by atoms with van der Waals surface area (Å²) >= 11 is 0. The topological polar surface area (TPSA) is 55.9 Å². The molecular formula is C21H27N3O3. The monoisotopic (exact) mass is 369 g/mol. The maximum absolute atomic E-state index is 5.89. The fourth-order valence-electron chi connectivity index (χ4n) is 3.69. The van der Waals surface area contributed by atoms with Crippen LogP contribution in [0.2, 0.25) is 0 Å². The van der Waals surface area contributed by atoms with Crippen LogP contribution in [0.4, 0.5) is 5.82 Å². The minimum atomic E-state index is 0.239. The number of morpholine rings is 1. The smallest absolute Gasteiger partial charge is 0.128 e. The number of nitrogens with one attached hydrogen (secondary N) is 1. The van der Waals surface area contributed by atoms with Crippen LogP contribution in [0.15, 0.2) is 30.5 Å². The van der Waals surface area contributed by atoms with Crippen molar-refractivity contribution in [3.05, 3.63) is 47.2 Å². The van der Waals surface area contributed by atoms with Crippen molar-refractivity contribution in [2.24, 2.45) is 0 Å². The summed E-state index contributed by atoms with van der Waals surface area (Å²) in [5.41, 5.74) is 3.57. The van der Waals surface area contributed by atoms with Gasteiger partial charge in [0.25, 0.3) is 0 Å². The molecule has 4 rings (SSSR count). The van der Waals surface area contributed by atoms with Crippen molar-refractivity contribution in [3.8, 4) is 11.5 Å². The van der Waals surface area contributed by atoms with E-state index in [9.17, 15) is 0 Å². The number of aromatic nitrogens is 1. The van der Waals surface area contributed by atoms with Gasteiger partial charge in [0, 0.05) is 49.9 Å². The highest BCUT2D eigenvalue weighted by atomic mass is 16.5. The zero-order valence-electron chi connectivity index (χ0n) is 16.0. The van der Waals surface area contributed by atoms with Gasteiger partial charge in [0.05, 0.1) is 20.3 Å². The molecule has 1 saturated heterocycles. The van der Waals surface area contributed by atoms with Gasteiger partial charge in [-0.15, -0.1) is 0 Å². The van der Waals surface area contributed by atoms with Gasteiger partial charge in [-0.3, -0.25) is 0 Å². The minimum absolute atomic E-state index is 0.239. The molecule has 1 atom stereocenters. The number of ether oxygens (including phenoxy) is 3. The van der Waals surface area contributed by atoms with Crippen molar-refractivity contribution < 1.29 is 14.2 Å². The zero-order valence-corrected chi connectivity index (χ0v) is 16.0. The van der Waals surface area contributed by atoms with E-state index in [-0.39, 0.29) is 6.10 Å². The molecule has 2 aliphatic rings. The van der Waals surface area contributed by atoms with Gasteiger partial charge in [-0.1, -0.05) is 0 Å². The van der Waals surface area contributed by atoms with Gasteiger partial charge in [0.15, 0.2) is 0 Å². The molecule has 1 aromatic carbocycles. The number of rotatable bonds is 6. The fraction of sp³-hybridized carbons (Fsp3) is 0.476. The van der Waals surface area contributed by atoms with E-state index in [1.165, 1.54) is 11.1 Å². The highest BCUT2D eigenvalue weighted by molar-refractivity contribution is 5.48. The Labute approximate surface area is 160 Å². The number of nitrogens with zero attached hydrogens (tertiary/aromatic N) is 2. The molecule has 0 unspecified atom stereocenters. The summed E-state index contributed by atoms with van der Waals surface area (Å²) in [6.45, 7) is 6.93. The van der Waals surface area contributed by atoms with E-state index in [0.717, 1.165) is 68.7 Å². The summed E-state index contributed by atoms with van der Waals surface area (Å²) in [5, 5.41) is 3.52. The molecule has 1 fully saturated rings. The van der Waals surface area contributed by atoms with Gasteiger partial charge < -0.3 is 24.4 Å². The lowest BCUT2D eigenvalue weighted by Gasteiger charge is -2.28. The Morgan fingerprint density at radius 2 is 2.07 bits per heavy atom. The maximum atomic E-state index is 5.89. The lowest BCUT2D eigenvalue weighted by molar-refractivity contribution is 0.122. The van der Waals surface area contributed by atoms with Crippen molar-refractivity contribution in [2.75, 3.05) is 38.3 Å². The average molecular weight is 369 g/mol. The molecule has 6 nitrogen and oxygen atoms in total. The first-order chi connectivity index (χ1) is 13.2. The quantitative estimate of drug-likeness (QED) is 0.845. The normalized spacial score (nSPS) is 18.9. The Kier molecular flexibility index (Phi) is 5.45. The van der Waals surface area contributed by atoms with Gasteiger partial charge in [-0.05, 0) is 36.8 Å². The van der Waals surface area contributed by atoms with Crippen LogP contribution in [0.1, 0.15) is 23.6 Å². The van der Waals surface area contributed by atoms with Gasteiger partial charge >= 0.3 is 0 Å². The second-order valence-electron chi connectivity index (χ2n) is 7.13. The molecule has 0 spiro atoms. The molecule has 3 heterocycles. The zero-order chi connectivity index (χ0) is 18.6. The number of hydrogen-bond donors (Lipinski definition) is 1. The molecule has 0 saturated carbocycles. The van der Waals surface area contributed by atoms with Crippen molar-refractivity contribution >= 4 is 5.82 Å². The van der Waals surface area contributed by atoms with Crippen LogP contribution in [0.5, 0.6) is 11.5 Å². The number of methoxy groups -OCH3 is 1. The molecule has 27 heavy (non-hydrogen) atoms. The lowest BCUT2D eigenvalue weighted by Crippen LogP contribution is -2.36. The molecule has 0 aliphatic carbocycles. The Morgan fingerprint density at radius 1 is 1.22 bits per heavy atom. The SMILES string of the molecule is COc1cc2c(cc1CNCc1ccnc(N3CCOCC3)c1)O[C@H](C)C2. The first kappa shape index (κ1) is 18.1. The average Bonchev–Trinajstić information content (AvgIpc) is 3.07. The van der Waals surface area contributed by atoms with E-state index >= 15 is 0 Å². The van der Waals surface area contributed by atoms with Crippen LogP contribution in [0.25, 0.3) is 0 Å². The molecule has 1 aromatic heterocycles. The molecule has 0 bridgehead atoms. The van der Waals surface area contributed by atoms with Gasteiger partial charge in [-0.2, -0.15) is 0 Å². The number of benzene rings is 1. The number of anilines is 1. The Morgan fingerprint density at radius 3 is 2.89 bits per heavy atom. The summed E-state index contributed by atoms with van der Waals surface area (Å²) in [7, 11) is 1.72. The number of pyridine rings is 1. The van der Waals surface area contributed by atoms with E-state index in [0.29, 0.717) is 0 Å². The third-order valence-electron chi connectivity index (χ3n) is 5.09. The Hall–Kier alpha value is -2.31. The summed E-state index contributed by atoms with van der Waals surface area (Å²) in [6, 6.07) is 8.43. The van der Waals surface area contributed by atoms with E-state index in [1.54, 1.807) is 7.11 Å². The van der Waals surface area contributed by atoms with Gasteiger partial charge in [0.2, 0.25) is 0 Å². The van der Waals surface area contributed by atoms with Crippen molar-refractivity contribution in [2.45, 2.75) is 32.5 Å². The maximum Gasteiger partial charge on any atom is 0.128 e. The van der Waals surface area contributed by atoms with Crippen molar-refractivity contribution in [1.29, 1.82) is 0 Å². The van der Waals surface area contributed by atoms with E-state index in [2.05, 4.69) is 46.4 Å². The molecular weight excluding hydrogens is 342 g/mol. The molecule has 0 radical (unpaired) electrons. The Balaban J connectivity index is 1.39. The van der Waals surface area contributed by atoms with Crippen LogP contribution in [-0.2, 0) is 24.2 Å². The molecule has 144 valence electrons. The Bertz CT molecular complexity index is 790. The highest BCUT2D eigenvalue weighted by Crippen LogP contribution is 2.34. The predicted octanol–water partition coefficient (Wildman–Crippen LogP) is 2.54. The lowest BCUT2D eigenvalue weighted by atomic mass is 10.1. The second-order valence-corrected chi connectivity index (χ2v) is 7.13. The van der Waals surface area contributed by atoms with Crippen LogP contribution in [0, 0.1) is 0 Å². The molecule has 1 N–H and O–H groups in total. The van der Waals surface area contributed by atoms with E-state index < -0.39 is 0 Å². The van der Waals surface area contributed by atoms with Crippen LogP contribution in [0.3, 0.4) is 0 Å². The molecule has 2 aromatic rings. The predicted molar refractivity (Wildman–Crippen MR) is 105 cm³/mol. The van der Waals surface area contributed by atoms with Crippen LogP contribution >= 0.6 is 0 Å². The largest absolute Gasteiger partial charge is 0.496 e. The minimum Gasteiger partial charge on any atom is -0.496 e. The first-order valence-electron chi connectivity index (χ1n) is 9.57. The van der Waals surface area contributed by atoms with E-state index in [1.807, 2.05) is 6.20 Å². The molecule has 2 aliphatic heterocycles. The third kappa shape index (κ3) is 4.17. The standard InChI is InChI=1S/C21H27N3O3/c1-15-9-17-11-19(25-2)18(12-20(17)27-15)14-22-13-16-3-4-23-21(10-16)24-5-7-26-8-6-24/h3-4,10-12,15,22H,5-9,13-14H2,1-2H3/t15-/m1/s1. The number of hydrogen-bond acceptors (Lipinski definition) is 6. The van der Waals surface area contributed by atoms with Crippen LogP contribution < -0.4 is 19.7 Å². The van der Waals surface area contributed by atoms with Crippen LogP contribution in [-0.4, -0.2) is 44.5 Å². The number of fused-ring (bicyclic) bond motifs is 1. The van der Waals surface area contributed by atoms with E-state index in [4.69, 9.17) is 14.2 Å². The molecule has 0 amide bonds. The fourth-order valence-corrected chi connectivity index (χ4v) is 3.69. The first-order valence-corrected chi connectivity index (χ1v) is 9.57. The summed E-state index contributed by atoms with van der Waals surface area (Å²) in [4.78, 5) is 6.78. The van der Waals surface area contributed by atoms with Gasteiger partial charge in [-0.25, -0.2) is 4.98 Å². The summed E-state index contributed by atoms with van der Waals surface area (Å²) in [5.74, 6) is 2.93. The van der Waals surface area contributed by atoms with Crippen molar-refractivity contribution in [1.82, 2.24) is 10.3 Å². The second kappa shape index (κ2) is 8.15. The molecule has 6 heteroatoms. The highest BCUT2D eigenvalue weighted by Gasteiger charge is 2.21. The van der Waals surface area contributed by atoms with Crippen molar-refractivity contribution in [3.63, 3.8) is 0 Å².